The van der Waals surface area contributed by atoms with Gasteiger partial charge in [-0.1, -0.05) is 6.92 Å². The number of esters is 1. The minimum absolute atomic E-state index is 0.165. The topological polar surface area (TPSA) is 87.5 Å². The molecule has 1 atom stereocenters. The molecule has 0 aromatic heterocycles. The van der Waals surface area contributed by atoms with Crippen molar-refractivity contribution < 1.29 is 17.9 Å². The number of carbonyl (C=O) groups excluding carboxylic acids is 1. The summed E-state index contributed by atoms with van der Waals surface area (Å²) < 4.78 is 31.3. The summed E-state index contributed by atoms with van der Waals surface area (Å²) in [5.74, 6) is -0.291. The first-order valence-electron chi connectivity index (χ1n) is 7.09. The number of nitriles is 1. The molecule has 1 aliphatic rings. The molecule has 1 heterocycles. The maximum atomic E-state index is 12.6. The van der Waals surface area contributed by atoms with E-state index in [0.717, 1.165) is 12.8 Å². The smallest absolute Gasteiger partial charge is 0.339 e. The van der Waals surface area contributed by atoms with Gasteiger partial charge in [0.15, 0.2) is 6.61 Å². The van der Waals surface area contributed by atoms with E-state index in [1.807, 2.05) is 6.92 Å². The van der Waals surface area contributed by atoms with Crippen LogP contribution in [0.1, 0.15) is 30.1 Å². The van der Waals surface area contributed by atoms with Crippen molar-refractivity contribution in [2.24, 2.45) is 5.92 Å². The highest BCUT2D eigenvalue weighted by molar-refractivity contribution is 7.89. The normalized spacial score (nSPS) is 19.4. The van der Waals surface area contributed by atoms with Crippen LogP contribution in [0.15, 0.2) is 29.2 Å². The van der Waals surface area contributed by atoms with Gasteiger partial charge in [-0.05, 0) is 43.0 Å². The number of nitrogens with zero attached hydrogens (tertiary/aromatic N) is 2. The van der Waals surface area contributed by atoms with Crippen LogP contribution in [-0.2, 0) is 14.8 Å². The highest BCUT2D eigenvalue weighted by Crippen LogP contribution is 2.23. The zero-order chi connectivity index (χ0) is 16.2. The van der Waals surface area contributed by atoms with Gasteiger partial charge in [0, 0.05) is 13.1 Å². The van der Waals surface area contributed by atoms with Crippen LogP contribution in [0.4, 0.5) is 0 Å². The minimum Gasteiger partial charge on any atom is -0.447 e. The lowest BCUT2D eigenvalue weighted by Crippen LogP contribution is -2.39. The van der Waals surface area contributed by atoms with E-state index in [1.165, 1.54) is 28.6 Å². The Morgan fingerprint density at radius 3 is 2.68 bits per heavy atom. The predicted octanol–water partition coefficient (Wildman–Crippen LogP) is 1.79. The molecule has 0 bridgehead atoms. The maximum Gasteiger partial charge on any atom is 0.339 e. The first kappa shape index (κ1) is 16.5. The number of rotatable bonds is 4. The molecule has 118 valence electrons. The second kappa shape index (κ2) is 6.90. The van der Waals surface area contributed by atoms with Crippen molar-refractivity contribution >= 4 is 16.0 Å². The summed E-state index contributed by atoms with van der Waals surface area (Å²) in [4.78, 5) is 11.7. The van der Waals surface area contributed by atoms with Gasteiger partial charge in [-0.15, -0.1) is 0 Å². The zero-order valence-corrected chi connectivity index (χ0v) is 13.2. The van der Waals surface area contributed by atoms with E-state index in [-0.39, 0.29) is 17.1 Å². The van der Waals surface area contributed by atoms with Crippen molar-refractivity contribution in [2.75, 3.05) is 19.7 Å². The molecule has 0 amide bonds. The van der Waals surface area contributed by atoms with Gasteiger partial charge in [0.2, 0.25) is 10.0 Å². The fraction of sp³-hybridized carbons (Fsp3) is 0.467. The number of ether oxygens (including phenoxy) is 1. The molecular weight excluding hydrogens is 304 g/mol. The SMILES string of the molecule is CC1CCCN(S(=O)(=O)c2ccc(C(=O)OCC#N)cc2)C1. The molecule has 0 spiro atoms. The first-order chi connectivity index (χ1) is 10.4. The van der Waals surface area contributed by atoms with Crippen LogP contribution < -0.4 is 0 Å². The van der Waals surface area contributed by atoms with E-state index >= 15 is 0 Å². The molecule has 0 saturated carbocycles. The third kappa shape index (κ3) is 3.64. The monoisotopic (exact) mass is 322 g/mol. The summed E-state index contributed by atoms with van der Waals surface area (Å²) in [6, 6.07) is 7.31. The minimum atomic E-state index is -3.53. The molecule has 6 nitrogen and oxygen atoms in total. The molecule has 1 aromatic rings. The van der Waals surface area contributed by atoms with Crippen molar-refractivity contribution in [3.05, 3.63) is 29.8 Å². The zero-order valence-electron chi connectivity index (χ0n) is 12.4. The number of hydrogen-bond acceptors (Lipinski definition) is 5. The molecule has 1 unspecified atom stereocenters. The molecule has 22 heavy (non-hydrogen) atoms. The Morgan fingerprint density at radius 2 is 2.09 bits per heavy atom. The third-order valence-electron chi connectivity index (χ3n) is 3.62. The lowest BCUT2D eigenvalue weighted by molar-refractivity contribution is 0.0555. The van der Waals surface area contributed by atoms with Crippen LogP contribution in [0.25, 0.3) is 0 Å². The van der Waals surface area contributed by atoms with Crippen molar-refractivity contribution in [2.45, 2.75) is 24.7 Å². The van der Waals surface area contributed by atoms with Gasteiger partial charge in [-0.25, -0.2) is 13.2 Å². The molecule has 0 N–H and O–H groups in total. The fourth-order valence-electron chi connectivity index (χ4n) is 2.46. The van der Waals surface area contributed by atoms with Crippen LogP contribution in [0.3, 0.4) is 0 Å². The van der Waals surface area contributed by atoms with Gasteiger partial charge in [-0.2, -0.15) is 9.57 Å². The second-order valence-electron chi connectivity index (χ2n) is 5.37. The summed E-state index contributed by atoms with van der Waals surface area (Å²) in [5.41, 5.74) is 0.223. The summed E-state index contributed by atoms with van der Waals surface area (Å²) in [6.45, 7) is 2.76. The molecule has 1 saturated heterocycles. The first-order valence-corrected chi connectivity index (χ1v) is 8.53. The molecule has 0 aliphatic carbocycles. The Balaban J connectivity index is 2.15. The summed E-state index contributed by atoms with van der Waals surface area (Å²) in [6.07, 6.45) is 1.90. The maximum absolute atomic E-state index is 12.6. The number of hydrogen-bond donors (Lipinski definition) is 0. The van der Waals surface area contributed by atoms with E-state index in [4.69, 9.17) is 5.26 Å². The number of sulfonamides is 1. The van der Waals surface area contributed by atoms with Gasteiger partial charge in [0.1, 0.15) is 6.07 Å². The lowest BCUT2D eigenvalue weighted by atomic mass is 10.0. The summed E-state index contributed by atoms with van der Waals surface area (Å²) >= 11 is 0. The largest absolute Gasteiger partial charge is 0.447 e. The lowest BCUT2D eigenvalue weighted by Gasteiger charge is -2.30. The van der Waals surface area contributed by atoms with E-state index in [2.05, 4.69) is 4.74 Å². The predicted molar refractivity (Wildman–Crippen MR) is 79.5 cm³/mol. The Bertz CT molecular complexity index is 676. The summed E-state index contributed by atoms with van der Waals surface area (Å²) in [7, 11) is -3.53. The van der Waals surface area contributed by atoms with Gasteiger partial charge < -0.3 is 4.74 Å². The van der Waals surface area contributed by atoms with Crippen molar-refractivity contribution in [3.8, 4) is 6.07 Å². The van der Waals surface area contributed by atoms with Crippen molar-refractivity contribution in [1.29, 1.82) is 5.26 Å². The molecule has 1 aliphatic heterocycles. The third-order valence-corrected chi connectivity index (χ3v) is 5.49. The Kier molecular flexibility index (Phi) is 5.16. The molecule has 0 radical (unpaired) electrons. The molecule has 1 fully saturated rings. The van der Waals surface area contributed by atoms with E-state index in [1.54, 1.807) is 6.07 Å². The van der Waals surface area contributed by atoms with E-state index in [0.29, 0.717) is 19.0 Å². The van der Waals surface area contributed by atoms with Crippen LogP contribution in [-0.4, -0.2) is 38.4 Å². The second-order valence-corrected chi connectivity index (χ2v) is 7.31. The van der Waals surface area contributed by atoms with E-state index in [9.17, 15) is 13.2 Å². The van der Waals surface area contributed by atoms with Crippen molar-refractivity contribution in [1.82, 2.24) is 4.31 Å². The fourth-order valence-corrected chi connectivity index (χ4v) is 4.06. The number of carbonyl (C=O) groups is 1. The molecule has 2 rings (SSSR count). The van der Waals surface area contributed by atoms with Crippen LogP contribution >= 0.6 is 0 Å². The Morgan fingerprint density at radius 1 is 1.41 bits per heavy atom. The summed E-state index contributed by atoms with van der Waals surface area (Å²) in [5, 5.41) is 8.37. The van der Waals surface area contributed by atoms with Gasteiger partial charge in [-0.3, -0.25) is 0 Å². The van der Waals surface area contributed by atoms with Gasteiger partial charge >= 0.3 is 5.97 Å². The number of piperidine rings is 1. The quantitative estimate of drug-likeness (QED) is 0.789. The van der Waals surface area contributed by atoms with E-state index < -0.39 is 16.0 Å². The standard InChI is InChI=1S/C15H18N2O4S/c1-12-3-2-9-17(11-12)22(19,20)14-6-4-13(5-7-14)15(18)21-10-8-16/h4-7,12H,2-3,9-11H2,1H3. The average molecular weight is 322 g/mol. The van der Waals surface area contributed by atoms with Gasteiger partial charge in [0.25, 0.3) is 0 Å². The molecular formula is C15H18N2O4S. The molecule has 1 aromatic carbocycles. The Labute approximate surface area is 130 Å². The Hall–Kier alpha value is -1.91. The van der Waals surface area contributed by atoms with Crippen LogP contribution in [0.5, 0.6) is 0 Å². The van der Waals surface area contributed by atoms with Crippen LogP contribution in [0.2, 0.25) is 0 Å². The van der Waals surface area contributed by atoms with Gasteiger partial charge in [0.05, 0.1) is 10.5 Å². The van der Waals surface area contributed by atoms with Crippen molar-refractivity contribution in [3.63, 3.8) is 0 Å². The average Bonchev–Trinajstić information content (AvgIpc) is 2.52. The number of benzene rings is 1. The highest BCUT2D eigenvalue weighted by atomic mass is 32.2. The van der Waals surface area contributed by atoms with Crippen LogP contribution in [0, 0.1) is 17.2 Å². The highest BCUT2D eigenvalue weighted by Gasteiger charge is 2.28. The molecule has 7 heteroatoms.